The molecular weight excluding hydrogens is 400 g/mol. The lowest BCUT2D eigenvalue weighted by atomic mass is 9.83. The number of carbonyl (C=O) groups is 2. The van der Waals surface area contributed by atoms with Gasteiger partial charge in [-0.25, -0.2) is 0 Å². The van der Waals surface area contributed by atoms with Crippen LogP contribution < -0.4 is 0 Å². The Balaban J connectivity index is 2.01. The van der Waals surface area contributed by atoms with Crippen LogP contribution in [0.2, 0.25) is 0 Å². The van der Waals surface area contributed by atoms with E-state index >= 15 is 0 Å². The molecular formula is C28H50O4. The summed E-state index contributed by atoms with van der Waals surface area (Å²) in [5.41, 5.74) is 0. The molecule has 0 heterocycles. The lowest BCUT2D eigenvalue weighted by molar-refractivity contribution is -0.161. The van der Waals surface area contributed by atoms with Crippen molar-refractivity contribution in [3.05, 3.63) is 12.2 Å². The Labute approximate surface area is 197 Å². The predicted molar refractivity (Wildman–Crippen MR) is 132 cm³/mol. The van der Waals surface area contributed by atoms with E-state index < -0.39 is 0 Å². The van der Waals surface area contributed by atoms with Gasteiger partial charge >= 0.3 is 11.9 Å². The summed E-state index contributed by atoms with van der Waals surface area (Å²) in [6.45, 7) is 5.24. The Kier molecular flexibility index (Phi) is 18.2. The van der Waals surface area contributed by atoms with Crippen LogP contribution in [0.15, 0.2) is 12.2 Å². The third kappa shape index (κ3) is 14.0. The first-order valence-electron chi connectivity index (χ1n) is 13.7. The Hall–Kier alpha value is -1.32. The first-order valence-corrected chi connectivity index (χ1v) is 13.7. The summed E-state index contributed by atoms with van der Waals surface area (Å²) < 4.78 is 10.9. The molecule has 1 aliphatic carbocycles. The molecule has 0 N–H and O–H groups in total. The normalized spacial score (nSPS) is 17.9. The number of ether oxygens (including phenoxy) is 2. The maximum absolute atomic E-state index is 12.5. The lowest BCUT2D eigenvalue weighted by Gasteiger charge is -2.25. The topological polar surface area (TPSA) is 52.6 Å². The summed E-state index contributed by atoms with van der Waals surface area (Å²) in [5, 5.41) is 0. The largest absolute Gasteiger partial charge is 0.465 e. The minimum absolute atomic E-state index is 0.235. The predicted octanol–water partition coefficient (Wildman–Crippen LogP) is 7.94. The summed E-state index contributed by atoms with van der Waals surface area (Å²) in [6.07, 6.45) is 25.3. The number of unbranched alkanes of at least 4 members (excludes halogenated alkanes) is 14. The molecule has 2 unspecified atom stereocenters. The van der Waals surface area contributed by atoms with Crippen molar-refractivity contribution in [3.8, 4) is 0 Å². The van der Waals surface area contributed by atoms with Crippen molar-refractivity contribution < 1.29 is 19.1 Å². The van der Waals surface area contributed by atoms with Crippen molar-refractivity contribution in [1.29, 1.82) is 0 Å². The second kappa shape index (κ2) is 20.3. The lowest BCUT2D eigenvalue weighted by Crippen LogP contribution is -2.34. The summed E-state index contributed by atoms with van der Waals surface area (Å²) >= 11 is 0. The average Bonchev–Trinajstić information content (AvgIpc) is 2.81. The smallest absolute Gasteiger partial charge is 0.310 e. The SMILES string of the molecule is CCCCCCCCCCCCCCCCOC(=O)C1CC=CCC1C(=O)OCCCC. The molecule has 2 atom stereocenters. The molecule has 0 bridgehead atoms. The number of hydrogen-bond donors (Lipinski definition) is 0. The van der Waals surface area contributed by atoms with Gasteiger partial charge in [0.05, 0.1) is 25.0 Å². The van der Waals surface area contributed by atoms with Gasteiger partial charge in [0.25, 0.3) is 0 Å². The molecule has 0 saturated carbocycles. The maximum Gasteiger partial charge on any atom is 0.310 e. The molecule has 0 amide bonds. The van der Waals surface area contributed by atoms with E-state index in [1.807, 2.05) is 12.2 Å². The van der Waals surface area contributed by atoms with E-state index in [1.165, 1.54) is 77.0 Å². The van der Waals surface area contributed by atoms with Gasteiger partial charge in [0.15, 0.2) is 0 Å². The van der Waals surface area contributed by atoms with Crippen molar-refractivity contribution in [2.75, 3.05) is 13.2 Å². The van der Waals surface area contributed by atoms with Gasteiger partial charge < -0.3 is 9.47 Å². The Morgan fingerprint density at radius 3 is 1.31 bits per heavy atom. The maximum atomic E-state index is 12.5. The standard InChI is InChI=1S/C28H50O4/c1-3-5-7-8-9-10-11-12-13-14-15-16-17-20-24-32-28(30)26-22-19-18-21-25(26)27(29)31-23-6-4-2/h18-19,25-26H,3-17,20-24H2,1-2H3. The van der Waals surface area contributed by atoms with Crippen LogP contribution in [0.3, 0.4) is 0 Å². The van der Waals surface area contributed by atoms with Crippen LogP contribution in [0, 0.1) is 11.8 Å². The van der Waals surface area contributed by atoms with Gasteiger partial charge in [0.2, 0.25) is 0 Å². The molecule has 1 aliphatic rings. The summed E-state index contributed by atoms with van der Waals surface area (Å²) in [4.78, 5) is 24.8. The molecule has 0 aliphatic heterocycles. The molecule has 4 heteroatoms. The third-order valence-electron chi connectivity index (χ3n) is 6.52. The fourth-order valence-electron chi connectivity index (χ4n) is 4.34. The zero-order chi connectivity index (χ0) is 23.3. The molecule has 0 spiro atoms. The summed E-state index contributed by atoms with van der Waals surface area (Å²) in [5.74, 6) is -1.26. The highest BCUT2D eigenvalue weighted by atomic mass is 16.5. The number of hydrogen-bond acceptors (Lipinski definition) is 4. The van der Waals surface area contributed by atoms with Crippen LogP contribution in [0.1, 0.15) is 129 Å². The second-order valence-electron chi connectivity index (χ2n) is 9.44. The monoisotopic (exact) mass is 450 g/mol. The Morgan fingerprint density at radius 1 is 0.562 bits per heavy atom. The van der Waals surface area contributed by atoms with E-state index in [4.69, 9.17) is 9.47 Å². The molecule has 4 nitrogen and oxygen atoms in total. The second-order valence-corrected chi connectivity index (χ2v) is 9.44. The highest BCUT2D eigenvalue weighted by Crippen LogP contribution is 2.28. The van der Waals surface area contributed by atoms with Crippen LogP contribution in [-0.2, 0) is 19.1 Å². The van der Waals surface area contributed by atoms with Crippen molar-refractivity contribution >= 4 is 11.9 Å². The average molecular weight is 451 g/mol. The molecule has 0 fully saturated rings. The highest BCUT2D eigenvalue weighted by Gasteiger charge is 2.36. The van der Waals surface area contributed by atoms with Crippen LogP contribution in [0.4, 0.5) is 0 Å². The van der Waals surface area contributed by atoms with E-state index in [0.717, 1.165) is 25.7 Å². The molecule has 0 aromatic rings. The van der Waals surface area contributed by atoms with Crippen LogP contribution in [0.25, 0.3) is 0 Å². The highest BCUT2D eigenvalue weighted by molar-refractivity contribution is 5.82. The fourth-order valence-corrected chi connectivity index (χ4v) is 4.34. The van der Waals surface area contributed by atoms with E-state index in [0.29, 0.717) is 26.1 Å². The van der Waals surface area contributed by atoms with Crippen molar-refractivity contribution in [2.24, 2.45) is 11.8 Å². The first kappa shape index (κ1) is 28.7. The molecule has 0 aromatic heterocycles. The third-order valence-corrected chi connectivity index (χ3v) is 6.52. The first-order chi connectivity index (χ1) is 15.7. The fraction of sp³-hybridized carbons (Fsp3) is 0.857. The zero-order valence-corrected chi connectivity index (χ0v) is 21.1. The molecule has 0 aromatic carbocycles. The quantitative estimate of drug-likeness (QED) is 0.107. The van der Waals surface area contributed by atoms with Crippen LogP contribution in [-0.4, -0.2) is 25.2 Å². The van der Waals surface area contributed by atoms with Gasteiger partial charge in [0, 0.05) is 0 Å². The van der Waals surface area contributed by atoms with Crippen LogP contribution in [0.5, 0.6) is 0 Å². The molecule has 1 rings (SSSR count). The van der Waals surface area contributed by atoms with Gasteiger partial charge in [0.1, 0.15) is 0 Å². The summed E-state index contributed by atoms with van der Waals surface area (Å²) in [7, 11) is 0. The Morgan fingerprint density at radius 2 is 0.906 bits per heavy atom. The van der Waals surface area contributed by atoms with Gasteiger partial charge in [-0.3, -0.25) is 9.59 Å². The zero-order valence-electron chi connectivity index (χ0n) is 21.1. The van der Waals surface area contributed by atoms with Crippen molar-refractivity contribution in [3.63, 3.8) is 0 Å². The van der Waals surface area contributed by atoms with Crippen molar-refractivity contribution in [1.82, 2.24) is 0 Å². The van der Waals surface area contributed by atoms with E-state index in [2.05, 4.69) is 13.8 Å². The molecule has 0 saturated heterocycles. The number of allylic oxidation sites excluding steroid dienone is 2. The van der Waals surface area contributed by atoms with Gasteiger partial charge in [-0.2, -0.15) is 0 Å². The van der Waals surface area contributed by atoms with Gasteiger partial charge in [-0.15, -0.1) is 0 Å². The molecule has 186 valence electrons. The van der Waals surface area contributed by atoms with E-state index in [9.17, 15) is 9.59 Å². The minimum Gasteiger partial charge on any atom is -0.465 e. The Bertz CT molecular complexity index is 500. The van der Waals surface area contributed by atoms with E-state index in [-0.39, 0.29) is 23.8 Å². The van der Waals surface area contributed by atoms with E-state index in [1.54, 1.807) is 0 Å². The molecule has 0 radical (unpaired) electrons. The van der Waals surface area contributed by atoms with Gasteiger partial charge in [-0.05, 0) is 25.7 Å². The minimum atomic E-state index is -0.388. The number of carbonyl (C=O) groups excluding carboxylic acids is 2. The number of rotatable bonds is 20. The van der Waals surface area contributed by atoms with Crippen molar-refractivity contribution in [2.45, 2.75) is 129 Å². The van der Waals surface area contributed by atoms with Gasteiger partial charge in [-0.1, -0.05) is 116 Å². The summed E-state index contributed by atoms with van der Waals surface area (Å²) in [6, 6.07) is 0. The number of esters is 2. The molecule has 32 heavy (non-hydrogen) atoms. The van der Waals surface area contributed by atoms with Crippen LogP contribution >= 0.6 is 0 Å².